The molecule has 0 aliphatic heterocycles. The van der Waals surface area contributed by atoms with E-state index in [2.05, 4.69) is 46.5 Å². The van der Waals surface area contributed by atoms with Crippen molar-refractivity contribution in [3.8, 4) is 0 Å². The molecule has 3 rings (SSSR count). The fourth-order valence-electron chi connectivity index (χ4n) is 3.21. The molecular formula is C23H27BrN2O2S. The number of hydrogen-bond donors (Lipinski definition) is 0. The van der Waals surface area contributed by atoms with Crippen molar-refractivity contribution in [1.29, 1.82) is 0 Å². The van der Waals surface area contributed by atoms with Crippen molar-refractivity contribution in [3.63, 3.8) is 0 Å². The van der Waals surface area contributed by atoms with Gasteiger partial charge in [-0.25, -0.2) is 8.42 Å². The molecule has 0 saturated heterocycles. The van der Waals surface area contributed by atoms with Gasteiger partial charge in [-0.15, -0.1) is 0 Å². The maximum atomic E-state index is 13.5. The second-order valence-corrected chi connectivity index (χ2v) is 10.4. The van der Waals surface area contributed by atoms with Crippen LogP contribution in [-0.4, -0.2) is 23.3 Å². The van der Waals surface area contributed by atoms with Gasteiger partial charge in [-0.05, 0) is 54.8 Å². The van der Waals surface area contributed by atoms with E-state index < -0.39 is 10.0 Å². The Labute approximate surface area is 182 Å². The van der Waals surface area contributed by atoms with Crippen LogP contribution < -0.4 is 0 Å². The van der Waals surface area contributed by atoms with E-state index in [0.29, 0.717) is 18.0 Å². The topological polar surface area (TPSA) is 42.3 Å². The molecule has 3 aromatic rings. The van der Waals surface area contributed by atoms with E-state index in [1.807, 2.05) is 43.5 Å². The van der Waals surface area contributed by atoms with Crippen LogP contribution in [0.1, 0.15) is 32.0 Å². The summed E-state index contributed by atoms with van der Waals surface area (Å²) in [6, 6.07) is 20.9. The third-order valence-corrected chi connectivity index (χ3v) is 7.75. The zero-order valence-electron chi connectivity index (χ0n) is 17.0. The van der Waals surface area contributed by atoms with Crippen molar-refractivity contribution in [2.45, 2.75) is 44.8 Å². The number of aromatic nitrogens is 1. The van der Waals surface area contributed by atoms with Crippen molar-refractivity contribution < 1.29 is 8.42 Å². The van der Waals surface area contributed by atoms with E-state index in [-0.39, 0.29) is 12.0 Å². The summed E-state index contributed by atoms with van der Waals surface area (Å²) in [6.07, 6.45) is 2.01. The highest BCUT2D eigenvalue weighted by Crippen LogP contribution is 2.26. The van der Waals surface area contributed by atoms with E-state index in [9.17, 15) is 8.42 Å². The summed E-state index contributed by atoms with van der Waals surface area (Å²) in [6.45, 7) is 7.13. The first kappa shape index (κ1) is 21.8. The molecule has 29 heavy (non-hydrogen) atoms. The Balaban J connectivity index is 1.93. The fourth-order valence-corrected chi connectivity index (χ4v) is 5.21. The Morgan fingerprint density at radius 2 is 1.59 bits per heavy atom. The SMILES string of the molecule is CC(C)[C@@H](C)N(Cc1cccn1Cc1ccccc1)S(=O)(=O)c1ccc(Br)cc1. The molecule has 6 heteroatoms. The van der Waals surface area contributed by atoms with Gasteiger partial charge in [0.1, 0.15) is 0 Å². The molecule has 4 nitrogen and oxygen atoms in total. The third kappa shape index (κ3) is 5.18. The Bertz CT molecular complexity index is 1030. The second kappa shape index (κ2) is 9.28. The highest BCUT2D eigenvalue weighted by Gasteiger charge is 2.31. The first-order valence-electron chi connectivity index (χ1n) is 9.74. The molecule has 0 aliphatic carbocycles. The molecule has 0 radical (unpaired) electrons. The van der Waals surface area contributed by atoms with Gasteiger partial charge in [0.05, 0.1) is 11.4 Å². The maximum Gasteiger partial charge on any atom is 0.243 e. The lowest BCUT2D eigenvalue weighted by atomic mass is 10.1. The fraction of sp³-hybridized carbons (Fsp3) is 0.304. The summed E-state index contributed by atoms with van der Waals surface area (Å²) in [5.41, 5.74) is 2.16. The van der Waals surface area contributed by atoms with Gasteiger partial charge in [0.2, 0.25) is 10.0 Å². The lowest BCUT2D eigenvalue weighted by molar-refractivity contribution is 0.265. The van der Waals surface area contributed by atoms with Gasteiger partial charge in [-0.1, -0.05) is 60.1 Å². The number of rotatable bonds is 8. The number of nitrogens with zero attached hydrogens (tertiary/aromatic N) is 2. The van der Waals surface area contributed by atoms with Crippen LogP contribution in [-0.2, 0) is 23.1 Å². The molecule has 1 aromatic heterocycles. The monoisotopic (exact) mass is 474 g/mol. The van der Waals surface area contributed by atoms with Crippen LogP contribution in [0, 0.1) is 5.92 Å². The van der Waals surface area contributed by atoms with Gasteiger partial charge in [0.25, 0.3) is 0 Å². The first-order chi connectivity index (χ1) is 13.8. The molecule has 0 N–H and O–H groups in total. The quantitative estimate of drug-likeness (QED) is 0.430. The summed E-state index contributed by atoms with van der Waals surface area (Å²) in [7, 11) is -3.63. The van der Waals surface area contributed by atoms with Gasteiger partial charge in [-0.3, -0.25) is 0 Å². The largest absolute Gasteiger partial charge is 0.346 e. The standard InChI is InChI=1S/C23H27BrN2O2S/c1-18(2)19(3)26(29(27,28)23-13-11-21(24)12-14-23)17-22-10-7-15-25(22)16-20-8-5-4-6-9-20/h4-15,18-19H,16-17H2,1-3H3/t19-/m1/s1. The number of benzene rings is 2. The second-order valence-electron chi connectivity index (χ2n) is 7.60. The Morgan fingerprint density at radius 1 is 0.931 bits per heavy atom. The molecule has 1 atom stereocenters. The average Bonchev–Trinajstić information content (AvgIpc) is 3.13. The molecule has 0 bridgehead atoms. The first-order valence-corrected chi connectivity index (χ1v) is 12.0. The lowest BCUT2D eigenvalue weighted by Gasteiger charge is -2.31. The highest BCUT2D eigenvalue weighted by atomic mass is 79.9. The molecule has 0 spiro atoms. The minimum atomic E-state index is -3.63. The molecule has 0 saturated carbocycles. The van der Waals surface area contributed by atoms with Crippen molar-refractivity contribution in [1.82, 2.24) is 8.87 Å². The van der Waals surface area contributed by atoms with Gasteiger partial charge >= 0.3 is 0 Å². The minimum absolute atomic E-state index is 0.135. The van der Waals surface area contributed by atoms with Crippen LogP contribution in [0.25, 0.3) is 0 Å². The van der Waals surface area contributed by atoms with Crippen LogP contribution in [0.4, 0.5) is 0 Å². The summed E-state index contributed by atoms with van der Waals surface area (Å²) in [5.74, 6) is 0.192. The van der Waals surface area contributed by atoms with Crippen LogP contribution in [0.15, 0.2) is 82.3 Å². The van der Waals surface area contributed by atoms with Crippen LogP contribution in [0.3, 0.4) is 0 Å². The third-order valence-electron chi connectivity index (χ3n) is 5.28. The molecule has 1 heterocycles. The Hall–Kier alpha value is -1.89. The molecule has 0 aliphatic rings. The summed E-state index contributed by atoms with van der Waals surface area (Å²) < 4.78 is 31.6. The highest BCUT2D eigenvalue weighted by molar-refractivity contribution is 9.10. The molecule has 0 amide bonds. The van der Waals surface area contributed by atoms with E-state index in [4.69, 9.17) is 0 Å². The molecule has 0 fully saturated rings. The van der Waals surface area contributed by atoms with E-state index in [1.165, 1.54) is 5.56 Å². The number of halogens is 1. The smallest absolute Gasteiger partial charge is 0.243 e. The predicted octanol–water partition coefficient (Wildman–Crippen LogP) is 5.53. The number of sulfonamides is 1. The number of hydrogen-bond acceptors (Lipinski definition) is 2. The van der Waals surface area contributed by atoms with Gasteiger partial charge in [-0.2, -0.15) is 4.31 Å². The van der Waals surface area contributed by atoms with E-state index >= 15 is 0 Å². The van der Waals surface area contributed by atoms with E-state index in [0.717, 1.165) is 10.2 Å². The van der Waals surface area contributed by atoms with Crippen LogP contribution in [0.2, 0.25) is 0 Å². The molecular weight excluding hydrogens is 448 g/mol. The predicted molar refractivity (Wildman–Crippen MR) is 121 cm³/mol. The minimum Gasteiger partial charge on any atom is -0.346 e. The lowest BCUT2D eigenvalue weighted by Crippen LogP contribution is -2.41. The van der Waals surface area contributed by atoms with Gasteiger partial charge in [0, 0.05) is 29.0 Å². The zero-order chi connectivity index (χ0) is 21.0. The Kier molecular flexibility index (Phi) is 6.98. The molecule has 2 aromatic carbocycles. The van der Waals surface area contributed by atoms with Gasteiger partial charge in [0.15, 0.2) is 0 Å². The van der Waals surface area contributed by atoms with Crippen LogP contribution in [0.5, 0.6) is 0 Å². The van der Waals surface area contributed by atoms with Crippen molar-refractivity contribution >= 4 is 26.0 Å². The van der Waals surface area contributed by atoms with Crippen molar-refractivity contribution in [3.05, 3.63) is 88.7 Å². The Morgan fingerprint density at radius 3 is 2.21 bits per heavy atom. The van der Waals surface area contributed by atoms with Gasteiger partial charge < -0.3 is 4.57 Å². The summed E-state index contributed by atoms with van der Waals surface area (Å²) in [5, 5.41) is 0. The molecule has 0 unspecified atom stereocenters. The van der Waals surface area contributed by atoms with E-state index in [1.54, 1.807) is 28.6 Å². The normalized spacial score (nSPS) is 13.2. The van der Waals surface area contributed by atoms with Crippen LogP contribution >= 0.6 is 15.9 Å². The molecule has 154 valence electrons. The van der Waals surface area contributed by atoms with Crippen molar-refractivity contribution in [2.75, 3.05) is 0 Å². The summed E-state index contributed by atoms with van der Waals surface area (Å²) in [4.78, 5) is 0.314. The maximum absolute atomic E-state index is 13.5. The van der Waals surface area contributed by atoms with Crippen molar-refractivity contribution in [2.24, 2.45) is 5.92 Å². The summed E-state index contributed by atoms with van der Waals surface area (Å²) >= 11 is 3.38. The average molecular weight is 475 g/mol. The zero-order valence-corrected chi connectivity index (χ0v) is 19.4.